The van der Waals surface area contributed by atoms with Crippen LogP contribution < -0.4 is 10.2 Å². The van der Waals surface area contributed by atoms with E-state index in [1.165, 1.54) is 12.1 Å². The van der Waals surface area contributed by atoms with E-state index in [4.69, 9.17) is 0 Å². The van der Waals surface area contributed by atoms with Crippen molar-refractivity contribution in [1.29, 1.82) is 0 Å². The second kappa shape index (κ2) is 11.9. The number of nitrogens with zero attached hydrogens (tertiary/aromatic N) is 2. The van der Waals surface area contributed by atoms with Gasteiger partial charge in [0.2, 0.25) is 0 Å². The Morgan fingerprint density at radius 2 is 1.80 bits per heavy atom. The zero-order valence-corrected chi connectivity index (χ0v) is 21.9. The lowest BCUT2D eigenvalue weighted by Gasteiger charge is -2.32. The normalized spacial score (nSPS) is 14.0. The van der Waals surface area contributed by atoms with Crippen molar-refractivity contribution in [1.82, 2.24) is 10.3 Å². The lowest BCUT2D eigenvalue weighted by atomic mass is 9.96. The molecule has 206 valence electrons. The lowest BCUT2D eigenvalue weighted by molar-refractivity contribution is -0.138. The van der Waals surface area contributed by atoms with Gasteiger partial charge in [0.1, 0.15) is 0 Å². The zero-order valence-electron chi connectivity index (χ0n) is 21.9. The van der Waals surface area contributed by atoms with Crippen LogP contribution in [0.4, 0.5) is 18.9 Å². The van der Waals surface area contributed by atoms with Gasteiger partial charge in [-0.1, -0.05) is 54.6 Å². The molecule has 0 aliphatic carbocycles. The van der Waals surface area contributed by atoms with Crippen LogP contribution in [0.2, 0.25) is 0 Å². The highest BCUT2D eigenvalue weighted by atomic mass is 19.4. The second-order valence-corrected chi connectivity index (χ2v) is 10.0. The van der Waals surface area contributed by atoms with Crippen molar-refractivity contribution >= 4 is 11.7 Å². The van der Waals surface area contributed by atoms with Crippen LogP contribution in [0, 0.1) is 0 Å². The topological polar surface area (TPSA) is 65.5 Å². The molecule has 1 aromatic heterocycles. The highest BCUT2D eigenvalue weighted by molar-refractivity contribution is 5.69. The molecule has 5 rings (SSSR count). The van der Waals surface area contributed by atoms with E-state index in [-0.39, 0.29) is 12.6 Å². The summed E-state index contributed by atoms with van der Waals surface area (Å²) in [7, 11) is 0. The molecule has 0 spiro atoms. The minimum absolute atomic E-state index is 0.161. The van der Waals surface area contributed by atoms with E-state index in [2.05, 4.69) is 16.4 Å². The predicted octanol–water partition coefficient (Wildman–Crippen LogP) is 6.68. The molecule has 2 heterocycles. The number of benzene rings is 3. The first-order chi connectivity index (χ1) is 19.3. The molecule has 0 fully saturated rings. The Hall–Kier alpha value is -4.17. The van der Waals surface area contributed by atoms with E-state index in [1.54, 1.807) is 12.3 Å². The van der Waals surface area contributed by atoms with Gasteiger partial charge in [-0.2, -0.15) is 13.2 Å². The first-order valence-electron chi connectivity index (χ1n) is 13.3. The number of aliphatic carboxylic acids is 1. The number of aromatic nitrogens is 1. The van der Waals surface area contributed by atoms with Crippen LogP contribution in [-0.2, 0) is 30.4 Å². The number of hydrogen-bond acceptors (Lipinski definition) is 4. The summed E-state index contributed by atoms with van der Waals surface area (Å²) in [5.74, 6) is -0.926. The van der Waals surface area contributed by atoms with E-state index in [9.17, 15) is 23.1 Å². The number of aryl methyl sites for hydroxylation is 1. The Bertz CT molecular complexity index is 1460. The molecule has 8 heteroatoms. The smallest absolute Gasteiger partial charge is 0.416 e. The van der Waals surface area contributed by atoms with E-state index >= 15 is 0 Å². The number of nitrogens with one attached hydrogen (secondary N) is 1. The summed E-state index contributed by atoms with van der Waals surface area (Å²) in [6.07, 6.45) is -0.425. The van der Waals surface area contributed by atoms with Gasteiger partial charge in [0.15, 0.2) is 0 Å². The van der Waals surface area contributed by atoms with E-state index in [0.717, 1.165) is 46.4 Å². The minimum Gasteiger partial charge on any atom is -0.480 e. The van der Waals surface area contributed by atoms with Crippen LogP contribution in [0.15, 0.2) is 91.1 Å². The molecule has 1 aliphatic heterocycles. The van der Waals surface area contributed by atoms with Crippen LogP contribution in [0.25, 0.3) is 11.1 Å². The van der Waals surface area contributed by atoms with E-state index in [1.807, 2.05) is 65.6 Å². The van der Waals surface area contributed by atoms with Gasteiger partial charge in [-0.25, -0.2) is 0 Å². The molecule has 4 aromatic rings. The van der Waals surface area contributed by atoms with Gasteiger partial charge in [0.05, 0.1) is 12.1 Å². The van der Waals surface area contributed by atoms with Gasteiger partial charge < -0.3 is 10.0 Å². The Balaban J connectivity index is 1.34. The van der Waals surface area contributed by atoms with Crippen molar-refractivity contribution in [2.24, 2.45) is 0 Å². The maximum Gasteiger partial charge on any atom is 0.416 e. The van der Waals surface area contributed by atoms with E-state index in [0.29, 0.717) is 25.2 Å². The summed E-state index contributed by atoms with van der Waals surface area (Å²) < 4.78 is 40.1. The Kier molecular flexibility index (Phi) is 8.16. The summed E-state index contributed by atoms with van der Waals surface area (Å²) in [5, 5.41) is 12.3. The van der Waals surface area contributed by atoms with Gasteiger partial charge in [0, 0.05) is 43.1 Å². The molecule has 1 atom stereocenters. The third-order valence-corrected chi connectivity index (χ3v) is 7.21. The summed E-state index contributed by atoms with van der Waals surface area (Å²) in [4.78, 5) is 17.6. The molecule has 0 radical (unpaired) electrons. The summed E-state index contributed by atoms with van der Waals surface area (Å²) in [6.45, 7) is 1.06. The molecule has 2 N–H and O–H groups in total. The number of hydrogen-bond donors (Lipinski definition) is 2. The highest BCUT2D eigenvalue weighted by Crippen LogP contribution is 2.36. The van der Waals surface area contributed by atoms with Gasteiger partial charge in [-0.15, -0.1) is 0 Å². The molecule has 0 saturated heterocycles. The van der Waals surface area contributed by atoms with E-state index < -0.39 is 17.7 Å². The van der Waals surface area contributed by atoms with Crippen LogP contribution in [0.3, 0.4) is 0 Å². The SMILES string of the molecule is O=C(O)CNC(Cc1ccccn1)c1ccc(-c2cccc(CN3CCCc4ccc(C(F)(F)F)cc43)c2)cc1. The van der Waals surface area contributed by atoms with Crippen molar-refractivity contribution in [2.75, 3.05) is 18.0 Å². The van der Waals surface area contributed by atoms with Crippen LogP contribution in [0.5, 0.6) is 0 Å². The predicted molar refractivity (Wildman–Crippen MR) is 149 cm³/mol. The molecular formula is C32H30F3N3O2. The quantitative estimate of drug-likeness (QED) is 0.246. The lowest BCUT2D eigenvalue weighted by Crippen LogP contribution is -2.29. The number of halogens is 3. The average Bonchev–Trinajstić information content (AvgIpc) is 2.95. The summed E-state index contributed by atoms with van der Waals surface area (Å²) in [6, 6.07) is 25.6. The Morgan fingerprint density at radius 3 is 2.52 bits per heavy atom. The largest absolute Gasteiger partial charge is 0.480 e. The maximum absolute atomic E-state index is 13.4. The average molecular weight is 546 g/mol. The standard InChI is InChI=1S/C32H30F3N3O2/c33-32(34,35)27-14-13-25-7-4-16-38(30(25)18-27)21-22-5-3-6-26(17-22)23-9-11-24(12-10-23)29(37-20-31(39)40)19-28-8-1-2-15-36-28/h1-3,5-6,8-15,17-18,29,37H,4,7,16,19-21H2,(H,39,40). The molecule has 0 bridgehead atoms. The first-order valence-corrected chi connectivity index (χ1v) is 13.3. The molecule has 1 unspecified atom stereocenters. The summed E-state index contributed by atoms with van der Waals surface area (Å²) in [5.41, 5.74) is 5.82. The fourth-order valence-electron chi connectivity index (χ4n) is 5.21. The number of anilines is 1. The monoisotopic (exact) mass is 545 g/mol. The highest BCUT2D eigenvalue weighted by Gasteiger charge is 2.32. The zero-order chi connectivity index (χ0) is 28.1. The summed E-state index contributed by atoms with van der Waals surface area (Å²) >= 11 is 0. The van der Waals surface area contributed by atoms with Crippen LogP contribution >= 0.6 is 0 Å². The number of fused-ring (bicyclic) bond motifs is 1. The number of alkyl halides is 3. The van der Waals surface area contributed by atoms with Crippen molar-refractivity contribution in [3.8, 4) is 11.1 Å². The van der Waals surface area contributed by atoms with Crippen LogP contribution in [-0.4, -0.2) is 29.1 Å². The van der Waals surface area contributed by atoms with Gasteiger partial charge in [0.25, 0.3) is 0 Å². The van der Waals surface area contributed by atoms with Gasteiger partial charge >= 0.3 is 12.1 Å². The Morgan fingerprint density at radius 1 is 0.975 bits per heavy atom. The third kappa shape index (κ3) is 6.69. The van der Waals surface area contributed by atoms with Crippen molar-refractivity contribution < 1.29 is 23.1 Å². The Labute approximate surface area is 231 Å². The molecule has 3 aromatic carbocycles. The second-order valence-electron chi connectivity index (χ2n) is 10.0. The molecule has 0 saturated carbocycles. The molecular weight excluding hydrogens is 515 g/mol. The number of rotatable bonds is 9. The third-order valence-electron chi connectivity index (χ3n) is 7.21. The fourth-order valence-corrected chi connectivity index (χ4v) is 5.21. The van der Waals surface area contributed by atoms with Crippen LogP contribution in [0.1, 0.15) is 40.4 Å². The number of pyridine rings is 1. The molecule has 0 amide bonds. The fraction of sp³-hybridized carbons (Fsp3) is 0.250. The molecule has 5 nitrogen and oxygen atoms in total. The minimum atomic E-state index is -4.37. The van der Waals surface area contributed by atoms with Crippen molar-refractivity contribution in [3.05, 3.63) is 119 Å². The number of carbonyl (C=O) groups is 1. The van der Waals surface area contributed by atoms with Gasteiger partial charge in [-0.05, 0) is 71.0 Å². The molecule has 40 heavy (non-hydrogen) atoms. The first kappa shape index (κ1) is 27.4. The number of carboxylic acids is 1. The molecule has 1 aliphatic rings. The number of carboxylic acid groups (broad SMARTS) is 1. The van der Waals surface area contributed by atoms with Gasteiger partial charge in [-0.3, -0.25) is 15.1 Å². The maximum atomic E-state index is 13.4. The van der Waals surface area contributed by atoms with Crippen molar-refractivity contribution in [2.45, 2.75) is 38.0 Å². The van der Waals surface area contributed by atoms with Crippen molar-refractivity contribution in [3.63, 3.8) is 0 Å².